The normalized spacial score (nSPS) is 10.6. The second-order valence-electron chi connectivity index (χ2n) is 5.39. The molecule has 0 unspecified atom stereocenters. The molecule has 7 heteroatoms. The van der Waals surface area contributed by atoms with Crippen molar-refractivity contribution in [3.8, 4) is 17.1 Å². The van der Waals surface area contributed by atoms with E-state index in [1.807, 2.05) is 42.8 Å². The molecule has 2 aromatic heterocycles. The highest BCUT2D eigenvalue weighted by molar-refractivity contribution is 7.17. The minimum atomic E-state index is -0.0891. The molecule has 0 radical (unpaired) electrons. The van der Waals surface area contributed by atoms with Gasteiger partial charge in [0.15, 0.2) is 12.4 Å². The van der Waals surface area contributed by atoms with Crippen LogP contribution in [0, 0.1) is 0 Å². The molecule has 1 aromatic carbocycles. The summed E-state index contributed by atoms with van der Waals surface area (Å²) >= 11 is 1.61. The van der Waals surface area contributed by atoms with Gasteiger partial charge in [-0.2, -0.15) is 0 Å². The fraction of sp³-hybridized carbons (Fsp3) is 0.235. The molecular formula is C17H18N4O2S. The molecule has 24 heavy (non-hydrogen) atoms. The van der Waals surface area contributed by atoms with Crippen molar-refractivity contribution in [2.45, 2.75) is 0 Å². The van der Waals surface area contributed by atoms with Crippen LogP contribution in [-0.2, 0) is 4.79 Å². The summed E-state index contributed by atoms with van der Waals surface area (Å²) in [6, 6.07) is 9.42. The van der Waals surface area contributed by atoms with Gasteiger partial charge in [0.05, 0.1) is 10.2 Å². The third-order valence-corrected chi connectivity index (χ3v) is 4.40. The van der Waals surface area contributed by atoms with Gasteiger partial charge in [0.25, 0.3) is 5.91 Å². The number of ether oxygens (including phenoxy) is 1. The molecule has 0 atom stereocenters. The molecule has 1 N–H and O–H groups in total. The molecule has 0 bridgehead atoms. The lowest BCUT2D eigenvalue weighted by Gasteiger charge is -2.12. The van der Waals surface area contributed by atoms with Crippen LogP contribution in [0.15, 0.2) is 35.7 Å². The average molecular weight is 342 g/mol. The molecule has 0 saturated heterocycles. The Morgan fingerprint density at radius 2 is 2.12 bits per heavy atom. The Morgan fingerprint density at radius 1 is 1.29 bits per heavy atom. The maximum Gasteiger partial charge on any atom is 0.259 e. The van der Waals surface area contributed by atoms with Crippen LogP contribution < -0.4 is 10.1 Å². The van der Waals surface area contributed by atoms with Crippen LogP contribution >= 0.6 is 11.3 Å². The zero-order valence-electron chi connectivity index (χ0n) is 13.7. The number of fused-ring (bicyclic) bond motifs is 1. The summed E-state index contributed by atoms with van der Waals surface area (Å²) in [5.74, 6) is 1.95. The molecule has 0 fully saturated rings. The lowest BCUT2D eigenvalue weighted by Crippen LogP contribution is -2.27. The highest BCUT2D eigenvalue weighted by atomic mass is 32.1. The Morgan fingerprint density at radius 3 is 2.88 bits per heavy atom. The van der Waals surface area contributed by atoms with E-state index in [1.54, 1.807) is 25.4 Å². The van der Waals surface area contributed by atoms with E-state index in [0.717, 1.165) is 21.6 Å². The number of hydrogen-bond donors (Lipinski definition) is 1. The summed E-state index contributed by atoms with van der Waals surface area (Å²) in [5, 5.41) is 5.11. The Kier molecular flexibility index (Phi) is 4.61. The Balaban J connectivity index is 1.90. The minimum Gasteiger partial charge on any atom is -0.484 e. The number of amides is 1. The number of benzene rings is 1. The standard InChI is InChI=1S/C17H18N4O2S/c1-18-17-15-13(7-8-24-15)19-16(20-17)11-5-4-6-12(9-11)23-10-14(22)21(2)3/h4-9H,10H2,1-3H3,(H,18,19,20). The Bertz CT molecular complexity index is 876. The zero-order chi connectivity index (χ0) is 17.1. The van der Waals surface area contributed by atoms with Crippen molar-refractivity contribution in [3.05, 3.63) is 35.7 Å². The van der Waals surface area contributed by atoms with Gasteiger partial charge >= 0.3 is 0 Å². The first-order valence-electron chi connectivity index (χ1n) is 7.45. The van der Waals surface area contributed by atoms with Gasteiger partial charge in [-0.3, -0.25) is 4.79 Å². The van der Waals surface area contributed by atoms with E-state index in [4.69, 9.17) is 4.74 Å². The van der Waals surface area contributed by atoms with Gasteiger partial charge in [-0.25, -0.2) is 9.97 Å². The summed E-state index contributed by atoms with van der Waals surface area (Å²) in [5.41, 5.74) is 1.75. The van der Waals surface area contributed by atoms with Gasteiger partial charge in [-0.05, 0) is 23.6 Å². The zero-order valence-corrected chi connectivity index (χ0v) is 14.6. The first-order chi connectivity index (χ1) is 11.6. The van der Waals surface area contributed by atoms with Crippen LogP contribution in [0.1, 0.15) is 0 Å². The summed E-state index contributed by atoms with van der Waals surface area (Å²) in [6.07, 6.45) is 0. The van der Waals surface area contributed by atoms with Crippen LogP contribution in [0.25, 0.3) is 21.6 Å². The summed E-state index contributed by atoms with van der Waals surface area (Å²) in [7, 11) is 5.24. The van der Waals surface area contributed by atoms with E-state index in [0.29, 0.717) is 11.6 Å². The number of hydrogen-bond acceptors (Lipinski definition) is 6. The SMILES string of the molecule is CNc1nc(-c2cccc(OCC(=O)N(C)C)c2)nc2ccsc12. The van der Waals surface area contributed by atoms with Crippen molar-refractivity contribution in [1.82, 2.24) is 14.9 Å². The second kappa shape index (κ2) is 6.84. The first-order valence-corrected chi connectivity index (χ1v) is 8.33. The Labute approximate surface area is 144 Å². The number of nitrogens with zero attached hydrogens (tertiary/aromatic N) is 3. The largest absolute Gasteiger partial charge is 0.484 e. The highest BCUT2D eigenvalue weighted by Crippen LogP contribution is 2.29. The van der Waals surface area contributed by atoms with Crippen LogP contribution in [0.5, 0.6) is 5.75 Å². The summed E-state index contributed by atoms with van der Waals surface area (Å²) in [4.78, 5) is 22.3. The number of rotatable bonds is 5. The molecule has 2 heterocycles. The number of carbonyl (C=O) groups excluding carboxylic acids is 1. The van der Waals surface area contributed by atoms with E-state index in [9.17, 15) is 4.79 Å². The average Bonchev–Trinajstić information content (AvgIpc) is 3.07. The fourth-order valence-electron chi connectivity index (χ4n) is 2.16. The lowest BCUT2D eigenvalue weighted by atomic mass is 10.2. The topological polar surface area (TPSA) is 67.4 Å². The molecule has 1 amide bonds. The Hall–Kier alpha value is -2.67. The molecule has 0 saturated carbocycles. The van der Waals surface area contributed by atoms with Crippen LogP contribution in [-0.4, -0.2) is 48.5 Å². The molecule has 0 aliphatic carbocycles. The van der Waals surface area contributed by atoms with Gasteiger partial charge in [-0.15, -0.1) is 11.3 Å². The highest BCUT2D eigenvalue weighted by Gasteiger charge is 2.11. The molecule has 0 aliphatic rings. The molecule has 124 valence electrons. The second-order valence-corrected chi connectivity index (χ2v) is 6.30. The summed E-state index contributed by atoms with van der Waals surface area (Å²) < 4.78 is 6.59. The van der Waals surface area contributed by atoms with E-state index < -0.39 is 0 Å². The predicted molar refractivity (Wildman–Crippen MR) is 96.6 cm³/mol. The molecule has 6 nitrogen and oxygen atoms in total. The summed E-state index contributed by atoms with van der Waals surface area (Å²) in [6.45, 7) is 0.00262. The van der Waals surface area contributed by atoms with Crippen molar-refractivity contribution in [2.75, 3.05) is 33.1 Å². The predicted octanol–water partition coefficient (Wildman–Crippen LogP) is 2.87. The van der Waals surface area contributed by atoms with Crippen LogP contribution in [0.3, 0.4) is 0 Å². The van der Waals surface area contributed by atoms with Crippen molar-refractivity contribution in [2.24, 2.45) is 0 Å². The lowest BCUT2D eigenvalue weighted by molar-refractivity contribution is -0.130. The molecule has 3 aromatic rings. The van der Waals surface area contributed by atoms with Gasteiger partial charge in [0.2, 0.25) is 0 Å². The number of nitrogens with one attached hydrogen (secondary N) is 1. The van der Waals surface area contributed by atoms with Crippen molar-refractivity contribution >= 4 is 33.3 Å². The maximum atomic E-state index is 11.6. The number of likely N-dealkylation sites (N-methyl/N-ethyl adjacent to an activating group) is 1. The van der Waals surface area contributed by atoms with E-state index in [2.05, 4.69) is 15.3 Å². The quantitative estimate of drug-likeness (QED) is 0.772. The molecule has 0 aliphatic heterocycles. The van der Waals surface area contributed by atoms with Gasteiger partial charge in [-0.1, -0.05) is 12.1 Å². The van der Waals surface area contributed by atoms with Crippen molar-refractivity contribution in [3.63, 3.8) is 0 Å². The molecule has 3 rings (SSSR count). The molecular weight excluding hydrogens is 324 g/mol. The number of carbonyl (C=O) groups is 1. The van der Waals surface area contributed by atoms with Gasteiger partial charge < -0.3 is 15.0 Å². The minimum absolute atomic E-state index is 0.00262. The van der Waals surface area contributed by atoms with E-state index in [1.165, 1.54) is 4.90 Å². The number of thiophene rings is 1. The fourth-order valence-corrected chi connectivity index (χ4v) is 2.99. The maximum absolute atomic E-state index is 11.6. The van der Waals surface area contributed by atoms with E-state index in [-0.39, 0.29) is 12.5 Å². The molecule has 0 spiro atoms. The first kappa shape index (κ1) is 16.2. The monoisotopic (exact) mass is 342 g/mol. The third-order valence-electron chi connectivity index (χ3n) is 3.49. The smallest absolute Gasteiger partial charge is 0.259 e. The van der Waals surface area contributed by atoms with Crippen LogP contribution in [0.2, 0.25) is 0 Å². The van der Waals surface area contributed by atoms with Crippen molar-refractivity contribution in [1.29, 1.82) is 0 Å². The number of aromatic nitrogens is 2. The van der Waals surface area contributed by atoms with Gasteiger partial charge in [0, 0.05) is 26.7 Å². The van der Waals surface area contributed by atoms with Crippen molar-refractivity contribution < 1.29 is 9.53 Å². The van der Waals surface area contributed by atoms with Gasteiger partial charge in [0.1, 0.15) is 11.6 Å². The van der Waals surface area contributed by atoms with Crippen LogP contribution in [0.4, 0.5) is 5.82 Å². The third kappa shape index (κ3) is 3.30. The number of anilines is 1. The van der Waals surface area contributed by atoms with E-state index >= 15 is 0 Å².